The summed E-state index contributed by atoms with van der Waals surface area (Å²) in [6.45, 7) is 0.172. The molecule has 10 heteroatoms. The molecule has 0 fully saturated rings. The highest BCUT2D eigenvalue weighted by molar-refractivity contribution is 7.86. The Kier molecular flexibility index (Phi) is 3.94. The molecule has 6 nitrogen and oxygen atoms in total. The molecule has 2 heterocycles. The molecule has 1 aromatic heterocycles. The van der Waals surface area contributed by atoms with Crippen molar-refractivity contribution in [1.29, 1.82) is 0 Å². The molecule has 2 aromatic rings. The summed E-state index contributed by atoms with van der Waals surface area (Å²) in [6, 6.07) is 2.75. The molecule has 0 saturated carbocycles. The van der Waals surface area contributed by atoms with Crippen LogP contribution < -0.4 is 5.32 Å². The predicted octanol–water partition coefficient (Wildman–Crippen LogP) is 2.95. The van der Waals surface area contributed by atoms with Gasteiger partial charge >= 0.3 is 0 Å². The molecule has 1 aliphatic rings. The number of carbonyl (C=O) groups excluding carboxylic acids is 1. The van der Waals surface area contributed by atoms with Gasteiger partial charge in [-0.05, 0) is 18.2 Å². The van der Waals surface area contributed by atoms with Crippen molar-refractivity contribution < 1.29 is 26.5 Å². The summed E-state index contributed by atoms with van der Waals surface area (Å²) >= 11 is 5.96. The minimum absolute atomic E-state index is 0.0371. The van der Waals surface area contributed by atoms with Crippen molar-refractivity contribution >= 4 is 39.4 Å². The van der Waals surface area contributed by atoms with Crippen LogP contribution in [0.3, 0.4) is 0 Å². The van der Waals surface area contributed by atoms with Crippen LogP contribution in [0.1, 0.15) is 16.2 Å². The van der Waals surface area contributed by atoms with Crippen LogP contribution in [0.15, 0.2) is 29.2 Å². The zero-order valence-electron chi connectivity index (χ0n) is 11.8. The summed E-state index contributed by atoms with van der Waals surface area (Å²) in [7, 11) is -4.65. The lowest BCUT2D eigenvalue weighted by atomic mass is 10.3. The quantitative estimate of drug-likeness (QED) is 0.808. The lowest BCUT2D eigenvalue weighted by molar-refractivity contribution is 0.101. The van der Waals surface area contributed by atoms with Gasteiger partial charge in [-0.25, -0.2) is 8.78 Å². The van der Waals surface area contributed by atoms with E-state index in [-0.39, 0.29) is 23.6 Å². The van der Waals surface area contributed by atoms with Crippen LogP contribution in [0.2, 0.25) is 5.02 Å². The Morgan fingerprint density at radius 1 is 1.29 bits per heavy atom. The van der Waals surface area contributed by atoms with Gasteiger partial charge in [-0.2, -0.15) is 8.42 Å². The van der Waals surface area contributed by atoms with Crippen LogP contribution in [0.5, 0.6) is 0 Å². The van der Waals surface area contributed by atoms with Crippen LogP contribution in [-0.4, -0.2) is 23.4 Å². The topological polar surface area (TPSA) is 88.4 Å². The first-order valence-corrected chi connectivity index (χ1v) is 8.34. The first kappa shape index (κ1) is 16.6. The van der Waals surface area contributed by atoms with Crippen LogP contribution in [-0.2, 0) is 16.7 Å². The van der Waals surface area contributed by atoms with E-state index in [1.54, 1.807) is 6.08 Å². The number of benzene rings is 1. The Labute approximate surface area is 140 Å². The highest BCUT2D eigenvalue weighted by atomic mass is 35.5. The van der Waals surface area contributed by atoms with E-state index in [1.807, 2.05) is 0 Å². The fraction of sp³-hybridized carbons (Fsp3) is 0.0714. The van der Waals surface area contributed by atoms with Crippen LogP contribution in [0.4, 0.5) is 14.5 Å². The maximum atomic E-state index is 13.2. The van der Waals surface area contributed by atoms with E-state index >= 15 is 0 Å². The average Bonchev–Trinajstić information content (AvgIpc) is 3.00. The first-order chi connectivity index (χ1) is 11.2. The number of nitrogens with one attached hydrogen (secondary N) is 1. The summed E-state index contributed by atoms with van der Waals surface area (Å²) in [4.78, 5) is 11.8. The number of allylic oxidation sites excluding steroid dienone is 1. The molecule has 0 unspecified atom stereocenters. The third kappa shape index (κ3) is 2.70. The Morgan fingerprint density at radius 2 is 2.00 bits per heavy atom. The Morgan fingerprint density at radius 3 is 2.62 bits per heavy atom. The van der Waals surface area contributed by atoms with Crippen molar-refractivity contribution in [3.05, 3.63) is 52.3 Å². The molecule has 126 valence electrons. The number of hydrogen-bond acceptors (Lipinski definition) is 3. The van der Waals surface area contributed by atoms with Gasteiger partial charge in [0, 0.05) is 18.3 Å². The van der Waals surface area contributed by atoms with E-state index in [4.69, 9.17) is 11.6 Å². The Hall–Kier alpha value is -2.23. The van der Waals surface area contributed by atoms with Crippen LogP contribution >= 0.6 is 11.6 Å². The molecule has 0 spiro atoms. The first-order valence-electron chi connectivity index (χ1n) is 6.52. The molecule has 3 rings (SSSR count). The van der Waals surface area contributed by atoms with Gasteiger partial charge in [-0.3, -0.25) is 9.35 Å². The number of nitrogens with zero attached hydrogens (tertiary/aromatic N) is 1. The second-order valence-electron chi connectivity index (χ2n) is 4.95. The lowest BCUT2D eigenvalue weighted by Gasteiger charge is -2.08. The molecule has 2 N–H and O–H groups in total. The van der Waals surface area contributed by atoms with E-state index in [2.05, 4.69) is 5.32 Å². The van der Waals surface area contributed by atoms with E-state index in [0.29, 0.717) is 0 Å². The molecule has 0 radical (unpaired) electrons. The van der Waals surface area contributed by atoms with Crippen molar-refractivity contribution in [2.45, 2.75) is 11.4 Å². The molecule has 0 bridgehead atoms. The second-order valence-corrected chi connectivity index (χ2v) is 6.68. The number of anilines is 1. The van der Waals surface area contributed by atoms with Gasteiger partial charge in [-0.1, -0.05) is 17.7 Å². The molecular formula is C14H9ClF2N2O4S. The van der Waals surface area contributed by atoms with E-state index in [9.17, 15) is 26.5 Å². The maximum absolute atomic E-state index is 13.2. The van der Waals surface area contributed by atoms with E-state index in [0.717, 1.165) is 18.2 Å². The van der Waals surface area contributed by atoms with Crippen molar-refractivity contribution in [3.63, 3.8) is 0 Å². The summed E-state index contributed by atoms with van der Waals surface area (Å²) in [5.41, 5.74) is -0.183. The molecule has 0 aliphatic carbocycles. The normalized spacial score (nSPS) is 13.2. The van der Waals surface area contributed by atoms with Gasteiger partial charge in [0.05, 0.1) is 10.7 Å². The predicted molar refractivity (Wildman–Crippen MR) is 82.6 cm³/mol. The van der Waals surface area contributed by atoms with Crippen molar-refractivity contribution in [3.8, 4) is 0 Å². The summed E-state index contributed by atoms with van der Waals surface area (Å²) in [5, 5.41) is 1.86. The van der Waals surface area contributed by atoms with Gasteiger partial charge in [0.2, 0.25) is 0 Å². The van der Waals surface area contributed by atoms with Gasteiger partial charge in [-0.15, -0.1) is 0 Å². The highest BCUT2D eigenvalue weighted by Crippen LogP contribution is 2.35. The summed E-state index contributed by atoms with van der Waals surface area (Å²) in [5.74, 6) is -3.06. The SMILES string of the molecule is O=C(Nc1ccc(F)c(F)c1)c1c(Cl)c(S(=O)(=O)O)c2n1CC=C2. The van der Waals surface area contributed by atoms with E-state index < -0.39 is 37.6 Å². The highest BCUT2D eigenvalue weighted by Gasteiger charge is 2.32. The van der Waals surface area contributed by atoms with E-state index in [1.165, 1.54) is 10.6 Å². The number of aromatic nitrogens is 1. The number of halogens is 3. The fourth-order valence-electron chi connectivity index (χ4n) is 2.44. The van der Waals surface area contributed by atoms with Gasteiger partial charge in [0.1, 0.15) is 10.6 Å². The minimum atomic E-state index is -4.65. The summed E-state index contributed by atoms with van der Waals surface area (Å²) in [6.07, 6.45) is 2.98. The smallest absolute Gasteiger partial charge is 0.298 e. The van der Waals surface area contributed by atoms with Crippen LogP contribution in [0, 0.1) is 11.6 Å². The second kappa shape index (κ2) is 5.69. The molecule has 24 heavy (non-hydrogen) atoms. The van der Waals surface area contributed by atoms with Crippen molar-refractivity contribution in [1.82, 2.24) is 4.57 Å². The standard InChI is InChI=1S/C14H9ClF2N2O4S/c15-11-12(14(20)18-7-3-4-8(16)9(17)6-7)19-5-1-2-10(19)13(11)24(21,22)23/h1-4,6H,5H2,(H,18,20)(H,21,22,23). The van der Waals surface area contributed by atoms with Crippen molar-refractivity contribution in [2.24, 2.45) is 0 Å². The van der Waals surface area contributed by atoms with Gasteiger partial charge in [0.15, 0.2) is 11.6 Å². The van der Waals surface area contributed by atoms with Crippen LogP contribution in [0.25, 0.3) is 6.08 Å². The number of fused-ring (bicyclic) bond motifs is 1. The minimum Gasteiger partial charge on any atom is -0.331 e. The zero-order chi connectivity index (χ0) is 17.6. The Balaban J connectivity index is 2.04. The molecule has 1 aliphatic heterocycles. The molecule has 1 amide bonds. The fourth-order valence-corrected chi connectivity index (χ4v) is 3.78. The lowest BCUT2D eigenvalue weighted by Crippen LogP contribution is -2.17. The largest absolute Gasteiger partial charge is 0.331 e. The molecule has 1 aromatic carbocycles. The third-order valence-corrected chi connectivity index (χ3v) is 4.82. The Bertz CT molecular complexity index is 999. The average molecular weight is 375 g/mol. The van der Waals surface area contributed by atoms with Crippen molar-refractivity contribution in [2.75, 3.05) is 5.32 Å². The molecule has 0 atom stereocenters. The maximum Gasteiger partial charge on any atom is 0.298 e. The summed E-state index contributed by atoms with van der Waals surface area (Å²) < 4.78 is 59.7. The van der Waals surface area contributed by atoms with Gasteiger partial charge < -0.3 is 9.88 Å². The number of hydrogen-bond donors (Lipinski definition) is 2. The number of carbonyl (C=O) groups is 1. The molecular weight excluding hydrogens is 366 g/mol. The molecule has 0 saturated heterocycles. The monoisotopic (exact) mass is 374 g/mol. The number of amides is 1. The third-order valence-electron chi connectivity index (χ3n) is 3.41. The zero-order valence-corrected chi connectivity index (χ0v) is 13.3. The number of rotatable bonds is 3. The van der Waals surface area contributed by atoms with Gasteiger partial charge in [0.25, 0.3) is 16.0 Å².